The molecule has 0 aliphatic rings. The molecule has 4 heteroatoms. The number of fused-ring (bicyclic) bond motifs is 1. The number of halogens is 2. The van der Waals surface area contributed by atoms with Gasteiger partial charge in [-0.15, -0.1) is 11.6 Å². The van der Waals surface area contributed by atoms with Crippen LogP contribution >= 0.6 is 27.5 Å². The second-order valence-electron chi connectivity index (χ2n) is 5.45. The van der Waals surface area contributed by atoms with Gasteiger partial charge in [0.2, 0.25) is 0 Å². The Morgan fingerprint density at radius 2 is 2.05 bits per heavy atom. The first-order chi connectivity index (χ1) is 9.02. The molecule has 2 aromatic rings. The third-order valence-corrected chi connectivity index (χ3v) is 3.98. The SMILES string of the molecule is CC(C)CC(C)n1c(CCCl)nc2ccc(Br)cc21. The average molecular weight is 344 g/mol. The number of alkyl halides is 1. The summed E-state index contributed by atoms with van der Waals surface area (Å²) in [7, 11) is 0. The van der Waals surface area contributed by atoms with Crippen LogP contribution in [0.25, 0.3) is 11.0 Å². The predicted molar refractivity (Wildman–Crippen MR) is 86.0 cm³/mol. The van der Waals surface area contributed by atoms with Crippen LogP contribution in [0.15, 0.2) is 22.7 Å². The fraction of sp³-hybridized carbons (Fsp3) is 0.533. The van der Waals surface area contributed by atoms with E-state index in [1.807, 2.05) is 6.07 Å². The Morgan fingerprint density at radius 3 is 2.68 bits per heavy atom. The van der Waals surface area contributed by atoms with Gasteiger partial charge in [-0.05, 0) is 37.5 Å². The van der Waals surface area contributed by atoms with E-state index < -0.39 is 0 Å². The van der Waals surface area contributed by atoms with Crippen molar-refractivity contribution in [1.82, 2.24) is 9.55 Å². The summed E-state index contributed by atoms with van der Waals surface area (Å²) in [6, 6.07) is 6.70. The minimum atomic E-state index is 0.442. The zero-order valence-corrected chi connectivity index (χ0v) is 14.0. The maximum absolute atomic E-state index is 5.91. The third kappa shape index (κ3) is 3.32. The van der Waals surface area contributed by atoms with Gasteiger partial charge < -0.3 is 4.57 Å². The van der Waals surface area contributed by atoms with Crippen LogP contribution in [0, 0.1) is 5.92 Å². The minimum absolute atomic E-state index is 0.442. The van der Waals surface area contributed by atoms with Crippen LogP contribution in [0.1, 0.15) is 39.1 Å². The van der Waals surface area contributed by atoms with Crippen molar-refractivity contribution in [3.05, 3.63) is 28.5 Å². The quantitative estimate of drug-likeness (QED) is 0.683. The van der Waals surface area contributed by atoms with E-state index in [1.54, 1.807) is 0 Å². The Bertz CT molecular complexity index is 563. The Morgan fingerprint density at radius 1 is 1.32 bits per heavy atom. The Balaban J connectivity index is 2.52. The van der Waals surface area contributed by atoms with Crippen molar-refractivity contribution in [3.8, 4) is 0 Å². The summed E-state index contributed by atoms with van der Waals surface area (Å²) in [5, 5.41) is 0. The highest BCUT2D eigenvalue weighted by Gasteiger charge is 2.16. The summed E-state index contributed by atoms with van der Waals surface area (Å²) < 4.78 is 3.44. The fourth-order valence-electron chi connectivity index (χ4n) is 2.66. The van der Waals surface area contributed by atoms with Gasteiger partial charge in [-0.2, -0.15) is 0 Å². The normalized spacial score (nSPS) is 13.4. The Kier molecular flexibility index (Phi) is 4.91. The molecule has 1 atom stereocenters. The molecule has 0 aliphatic heterocycles. The molecule has 1 aromatic heterocycles. The molecular weight excluding hydrogens is 324 g/mol. The van der Waals surface area contributed by atoms with Crippen LogP contribution in [0.2, 0.25) is 0 Å². The number of hydrogen-bond donors (Lipinski definition) is 0. The van der Waals surface area contributed by atoms with Crippen molar-refractivity contribution in [3.63, 3.8) is 0 Å². The number of rotatable bonds is 5. The van der Waals surface area contributed by atoms with Crippen molar-refractivity contribution >= 4 is 38.6 Å². The molecule has 1 aromatic carbocycles. The predicted octanol–water partition coefficient (Wildman–Crippen LogP) is 5.19. The topological polar surface area (TPSA) is 17.8 Å². The van der Waals surface area contributed by atoms with E-state index in [2.05, 4.69) is 53.4 Å². The molecule has 0 saturated carbocycles. The summed E-state index contributed by atoms with van der Waals surface area (Å²) >= 11 is 9.46. The second-order valence-corrected chi connectivity index (χ2v) is 6.74. The molecule has 0 N–H and O–H groups in total. The van der Waals surface area contributed by atoms with Crippen molar-refractivity contribution in [1.29, 1.82) is 0 Å². The molecule has 104 valence electrons. The number of hydrogen-bond acceptors (Lipinski definition) is 1. The molecule has 1 unspecified atom stereocenters. The van der Waals surface area contributed by atoms with Gasteiger partial charge in [-0.25, -0.2) is 4.98 Å². The molecule has 0 amide bonds. The molecular formula is C15H20BrClN2. The summed E-state index contributed by atoms with van der Waals surface area (Å²) in [6.07, 6.45) is 1.96. The highest BCUT2D eigenvalue weighted by atomic mass is 79.9. The molecule has 0 radical (unpaired) electrons. The second kappa shape index (κ2) is 6.27. The summed E-state index contributed by atoms with van der Waals surface area (Å²) in [4.78, 5) is 4.73. The molecule has 0 spiro atoms. The lowest BCUT2D eigenvalue weighted by Crippen LogP contribution is -2.12. The van der Waals surface area contributed by atoms with Crippen LogP contribution < -0.4 is 0 Å². The first-order valence-corrected chi connectivity index (χ1v) is 8.08. The third-order valence-electron chi connectivity index (χ3n) is 3.30. The van der Waals surface area contributed by atoms with Gasteiger partial charge in [-0.1, -0.05) is 29.8 Å². The first-order valence-electron chi connectivity index (χ1n) is 6.75. The lowest BCUT2D eigenvalue weighted by molar-refractivity contribution is 0.426. The van der Waals surface area contributed by atoms with E-state index >= 15 is 0 Å². The minimum Gasteiger partial charge on any atom is -0.325 e. The van der Waals surface area contributed by atoms with Crippen molar-refractivity contribution < 1.29 is 0 Å². The Hall–Kier alpha value is -0.540. The summed E-state index contributed by atoms with van der Waals surface area (Å²) in [5.74, 6) is 2.37. The van der Waals surface area contributed by atoms with Crippen molar-refractivity contribution in [2.75, 3.05) is 5.88 Å². The van der Waals surface area contributed by atoms with Crippen LogP contribution in [0.4, 0.5) is 0 Å². The lowest BCUT2D eigenvalue weighted by atomic mass is 10.0. The van der Waals surface area contributed by atoms with Gasteiger partial charge in [0.05, 0.1) is 11.0 Å². The number of imidazole rings is 1. The van der Waals surface area contributed by atoms with Gasteiger partial charge in [0.25, 0.3) is 0 Å². The van der Waals surface area contributed by atoms with Crippen molar-refractivity contribution in [2.45, 2.75) is 39.7 Å². The highest BCUT2D eigenvalue weighted by Crippen LogP contribution is 2.28. The zero-order valence-electron chi connectivity index (χ0n) is 11.7. The Labute approximate surface area is 128 Å². The molecule has 1 heterocycles. The molecule has 0 bridgehead atoms. The molecule has 0 fully saturated rings. The van der Waals surface area contributed by atoms with E-state index in [4.69, 9.17) is 16.6 Å². The molecule has 0 aliphatic carbocycles. The fourth-order valence-corrected chi connectivity index (χ4v) is 3.17. The zero-order chi connectivity index (χ0) is 14.0. The van der Waals surface area contributed by atoms with Gasteiger partial charge in [-0.3, -0.25) is 0 Å². The van der Waals surface area contributed by atoms with Crippen LogP contribution in [-0.4, -0.2) is 15.4 Å². The van der Waals surface area contributed by atoms with Crippen molar-refractivity contribution in [2.24, 2.45) is 5.92 Å². The van der Waals surface area contributed by atoms with E-state index in [1.165, 1.54) is 5.52 Å². The molecule has 2 nitrogen and oxygen atoms in total. The van der Waals surface area contributed by atoms with E-state index in [9.17, 15) is 0 Å². The molecule has 0 saturated heterocycles. The smallest absolute Gasteiger partial charge is 0.111 e. The standard InChI is InChI=1S/C15H20BrClN2/c1-10(2)8-11(3)19-14-9-12(16)4-5-13(14)18-15(19)6-7-17/h4-5,9-11H,6-8H2,1-3H3. The lowest BCUT2D eigenvalue weighted by Gasteiger charge is -2.19. The summed E-state index contributed by atoms with van der Waals surface area (Å²) in [6.45, 7) is 6.78. The van der Waals surface area contributed by atoms with Crippen LogP contribution in [-0.2, 0) is 6.42 Å². The van der Waals surface area contributed by atoms with E-state index in [-0.39, 0.29) is 0 Å². The number of aryl methyl sites for hydroxylation is 1. The number of nitrogens with zero attached hydrogens (tertiary/aromatic N) is 2. The highest BCUT2D eigenvalue weighted by molar-refractivity contribution is 9.10. The van der Waals surface area contributed by atoms with Gasteiger partial charge in [0.15, 0.2) is 0 Å². The van der Waals surface area contributed by atoms with E-state index in [0.29, 0.717) is 17.8 Å². The van der Waals surface area contributed by atoms with Crippen LogP contribution in [0.5, 0.6) is 0 Å². The number of benzene rings is 1. The maximum atomic E-state index is 5.91. The first kappa shape index (κ1) is 14.9. The molecule has 19 heavy (non-hydrogen) atoms. The maximum Gasteiger partial charge on any atom is 0.111 e. The van der Waals surface area contributed by atoms with Gasteiger partial charge in [0, 0.05) is 22.8 Å². The average Bonchev–Trinajstić information content (AvgIpc) is 2.65. The van der Waals surface area contributed by atoms with Gasteiger partial charge >= 0.3 is 0 Å². The largest absolute Gasteiger partial charge is 0.325 e. The monoisotopic (exact) mass is 342 g/mol. The van der Waals surface area contributed by atoms with Gasteiger partial charge in [0.1, 0.15) is 5.82 Å². The van der Waals surface area contributed by atoms with Crippen LogP contribution in [0.3, 0.4) is 0 Å². The van der Waals surface area contributed by atoms with E-state index in [0.717, 1.165) is 28.7 Å². The number of aromatic nitrogens is 2. The summed E-state index contributed by atoms with van der Waals surface area (Å²) in [5.41, 5.74) is 2.25. The molecule has 2 rings (SSSR count).